The summed E-state index contributed by atoms with van der Waals surface area (Å²) < 4.78 is 13.6. The molecule has 5 rings (SSSR count). The molecule has 1 aliphatic rings. The van der Waals surface area contributed by atoms with Gasteiger partial charge in [0.15, 0.2) is 5.16 Å². The monoisotopic (exact) mass is 472 g/mol. The van der Waals surface area contributed by atoms with Gasteiger partial charge in [-0.25, -0.2) is 14.4 Å². The summed E-state index contributed by atoms with van der Waals surface area (Å²) >= 11 is 1.61. The predicted octanol–water partition coefficient (Wildman–Crippen LogP) is 6.70. The van der Waals surface area contributed by atoms with E-state index in [1.165, 1.54) is 17.7 Å². The van der Waals surface area contributed by atoms with Crippen molar-refractivity contribution in [1.82, 2.24) is 15.0 Å². The average molecular weight is 473 g/mol. The maximum Gasteiger partial charge on any atom is 0.228 e. The first-order chi connectivity index (χ1) is 16.7. The number of carbonyl (C=O) groups is 1. The zero-order valence-electron chi connectivity index (χ0n) is 18.6. The predicted molar refractivity (Wildman–Crippen MR) is 134 cm³/mol. The van der Waals surface area contributed by atoms with Crippen LogP contribution in [0.2, 0.25) is 0 Å². The molecule has 0 spiro atoms. The molecule has 0 atom stereocenters. The number of hydrogen-bond donors (Lipinski definition) is 2. The van der Waals surface area contributed by atoms with Crippen LogP contribution in [0.3, 0.4) is 0 Å². The topological polar surface area (TPSA) is 70.7 Å². The molecule has 1 aliphatic carbocycles. The van der Waals surface area contributed by atoms with Crippen molar-refractivity contribution in [2.24, 2.45) is 5.92 Å². The van der Waals surface area contributed by atoms with E-state index in [9.17, 15) is 9.18 Å². The van der Waals surface area contributed by atoms with Gasteiger partial charge >= 0.3 is 0 Å². The zero-order chi connectivity index (χ0) is 23.3. The summed E-state index contributed by atoms with van der Waals surface area (Å²) in [7, 11) is 0. The third-order valence-electron chi connectivity index (χ3n) is 6.04. The Morgan fingerprint density at radius 2 is 1.79 bits per heavy atom. The van der Waals surface area contributed by atoms with Crippen LogP contribution < -0.4 is 5.32 Å². The van der Waals surface area contributed by atoms with Gasteiger partial charge < -0.3 is 10.3 Å². The second kappa shape index (κ2) is 10.2. The van der Waals surface area contributed by atoms with Crippen LogP contribution in [0.15, 0.2) is 78.1 Å². The Bertz CT molecular complexity index is 1270. The average Bonchev–Trinajstić information content (AvgIpc) is 3.55. The SMILES string of the molecule is O=C(Nc1cc(-c2nc(SCc3ccccc3)[nH]c2-c2ccc(F)cc2)ccn1)C1CCCC1. The minimum atomic E-state index is -0.288. The summed E-state index contributed by atoms with van der Waals surface area (Å²) in [5.74, 6) is 1.09. The number of halogens is 1. The molecule has 1 saturated carbocycles. The van der Waals surface area contributed by atoms with Crippen LogP contribution in [-0.4, -0.2) is 20.9 Å². The summed E-state index contributed by atoms with van der Waals surface area (Å²) in [6.07, 6.45) is 5.75. The van der Waals surface area contributed by atoms with Crippen LogP contribution in [-0.2, 0) is 10.5 Å². The molecule has 2 aromatic heterocycles. The minimum absolute atomic E-state index is 0.0297. The van der Waals surface area contributed by atoms with Gasteiger partial charge in [-0.1, -0.05) is 54.9 Å². The fraction of sp³-hybridized carbons (Fsp3) is 0.222. The van der Waals surface area contributed by atoms with Crippen LogP contribution in [0.1, 0.15) is 31.2 Å². The van der Waals surface area contributed by atoms with Gasteiger partial charge in [0.1, 0.15) is 11.6 Å². The lowest BCUT2D eigenvalue weighted by Gasteiger charge is -2.10. The Labute approximate surface area is 202 Å². The largest absolute Gasteiger partial charge is 0.332 e. The molecule has 0 aliphatic heterocycles. The van der Waals surface area contributed by atoms with Gasteiger partial charge in [-0.15, -0.1) is 0 Å². The van der Waals surface area contributed by atoms with Crippen molar-refractivity contribution in [2.45, 2.75) is 36.6 Å². The number of anilines is 1. The fourth-order valence-electron chi connectivity index (χ4n) is 4.24. The van der Waals surface area contributed by atoms with E-state index >= 15 is 0 Å². The standard InChI is InChI=1S/C27H25FN4OS/c28-22-12-10-19(11-13-22)24-25(32-27(31-24)34-17-18-6-2-1-3-7-18)21-14-15-29-23(16-21)30-26(33)20-8-4-5-9-20/h1-3,6-7,10-16,20H,4-5,8-9,17H2,(H,31,32)(H,29,30,33). The van der Waals surface area contributed by atoms with E-state index in [2.05, 4.69) is 27.4 Å². The Hall–Kier alpha value is -3.45. The van der Waals surface area contributed by atoms with E-state index in [1.54, 1.807) is 30.1 Å². The molecule has 34 heavy (non-hydrogen) atoms. The van der Waals surface area contributed by atoms with E-state index in [0.29, 0.717) is 5.82 Å². The molecule has 2 heterocycles. The van der Waals surface area contributed by atoms with Crippen molar-refractivity contribution in [3.8, 4) is 22.5 Å². The molecule has 0 radical (unpaired) electrons. The minimum Gasteiger partial charge on any atom is -0.332 e. The number of thioether (sulfide) groups is 1. The van der Waals surface area contributed by atoms with Gasteiger partial charge in [-0.2, -0.15) is 0 Å². The molecule has 5 nitrogen and oxygen atoms in total. The molecular formula is C27H25FN4OS. The van der Waals surface area contributed by atoms with E-state index in [0.717, 1.165) is 59.1 Å². The number of pyridine rings is 1. The summed E-state index contributed by atoms with van der Waals surface area (Å²) in [5.41, 5.74) is 4.41. The number of aromatic nitrogens is 3. The molecule has 1 fully saturated rings. The first-order valence-corrected chi connectivity index (χ1v) is 12.4. The van der Waals surface area contributed by atoms with Crippen LogP contribution in [0.5, 0.6) is 0 Å². The van der Waals surface area contributed by atoms with Gasteiger partial charge in [0.25, 0.3) is 0 Å². The van der Waals surface area contributed by atoms with E-state index in [1.807, 2.05) is 30.3 Å². The second-order valence-electron chi connectivity index (χ2n) is 8.45. The van der Waals surface area contributed by atoms with Crippen molar-refractivity contribution in [3.05, 3.63) is 84.3 Å². The number of amides is 1. The molecule has 172 valence electrons. The van der Waals surface area contributed by atoms with Crippen LogP contribution >= 0.6 is 11.8 Å². The maximum atomic E-state index is 13.6. The highest BCUT2D eigenvalue weighted by Crippen LogP contribution is 2.34. The van der Waals surface area contributed by atoms with E-state index in [-0.39, 0.29) is 17.6 Å². The van der Waals surface area contributed by atoms with Crippen molar-refractivity contribution in [3.63, 3.8) is 0 Å². The van der Waals surface area contributed by atoms with Gasteiger partial charge in [-0.3, -0.25) is 4.79 Å². The van der Waals surface area contributed by atoms with Gasteiger partial charge in [0, 0.05) is 29.0 Å². The smallest absolute Gasteiger partial charge is 0.228 e. The highest BCUT2D eigenvalue weighted by atomic mass is 32.2. The third kappa shape index (κ3) is 5.20. The number of nitrogens with one attached hydrogen (secondary N) is 2. The molecule has 2 N–H and O–H groups in total. The first kappa shape index (κ1) is 22.3. The van der Waals surface area contributed by atoms with Gasteiger partial charge in [0.2, 0.25) is 5.91 Å². The number of imidazole rings is 1. The number of aromatic amines is 1. The zero-order valence-corrected chi connectivity index (χ0v) is 19.4. The third-order valence-corrected chi connectivity index (χ3v) is 6.99. The number of rotatable bonds is 7. The van der Waals surface area contributed by atoms with Crippen molar-refractivity contribution in [2.75, 3.05) is 5.32 Å². The van der Waals surface area contributed by atoms with Gasteiger partial charge in [0.05, 0.1) is 11.4 Å². The molecular weight excluding hydrogens is 447 g/mol. The Morgan fingerprint density at radius 1 is 1.03 bits per heavy atom. The quantitative estimate of drug-likeness (QED) is 0.294. The summed E-state index contributed by atoms with van der Waals surface area (Å²) in [5, 5.41) is 3.74. The van der Waals surface area contributed by atoms with E-state index < -0.39 is 0 Å². The van der Waals surface area contributed by atoms with Gasteiger partial charge in [-0.05, 0) is 54.8 Å². The summed E-state index contributed by atoms with van der Waals surface area (Å²) in [4.78, 5) is 25.2. The highest BCUT2D eigenvalue weighted by molar-refractivity contribution is 7.98. The Morgan fingerprint density at radius 3 is 2.56 bits per heavy atom. The first-order valence-electron chi connectivity index (χ1n) is 11.5. The number of hydrogen-bond acceptors (Lipinski definition) is 4. The fourth-order valence-corrected chi connectivity index (χ4v) is 5.07. The lowest BCUT2D eigenvalue weighted by Crippen LogP contribution is -2.20. The molecule has 0 saturated heterocycles. The Balaban J connectivity index is 1.44. The van der Waals surface area contributed by atoms with Crippen LogP contribution in [0, 0.1) is 11.7 Å². The molecule has 0 unspecified atom stereocenters. The number of carbonyl (C=O) groups excluding carboxylic acids is 1. The summed E-state index contributed by atoms with van der Waals surface area (Å²) in [6.45, 7) is 0. The summed E-state index contributed by atoms with van der Waals surface area (Å²) in [6, 6.07) is 20.3. The maximum absolute atomic E-state index is 13.6. The van der Waals surface area contributed by atoms with Crippen molar-refractivity contribution >= 4 is 23.5 Å². The lowest BCUT2D eigenvalue weighted by molar-refractivity contribution is -0.119. The van der Waals surface area contributed by atoms with Crippen LogP contribution in [0.4, 0.5) is 10.2 Å². The molecule has 7 heteroatoms. The number of nitrogens with zero attached hydrogens (tertiary/aromatic N) is 2. The molecule has 2 aromatic carbocycles. The van der Waals surface area contributed by atoms with Crippen molar-refractivity contribution in [1.29, 1.82) is 0 Å². The van der Waals surface area contributed by atoms with Crippen LogP contribution in [0.25, 0.3) is 22.5 Å². The molecule has 0 bridgehead atoms. The van der Waals surface area contributed by atoms with Crippen molar-refractivity contribution < 1.29 is 9.18 Å². The second-order valence-corrected chi connectivity index (χ2v) is 9.41. The lowest BCUT2D eigenvalue weighted by atomic mass is 10.1. The highest BCUT2D eigenvalue weighted by Gasteiger charge is 2.23. The normalized spacial score (nSPS) is 13.8. The molecule has 1 amide bonds. The Kier molecular flexibility index (Phi) is 6.72. The molecule has 4 aromatic rings. The number of H-pyrrole nitrogens is 1. The number of benzene rings is 2. The van der Waals surface area contributed by atoms with E-state index in [4.69, 9.17) is 4.98 Å².